The van der Waals surface area contributed by atoms with Crippen LogP contribution in [0.3, 0.4) is 0 Å². The van der Waals surface area contributed by atoms with Gasteiger partial charge >= 0.3 is 0 Å². The highest BCUT2D eigenvalue weighted by atomic mass is 35.5. The molecule has 2 saturated carbocycles. The molecule has 0 amide bonds. The van der Waals surface area contributed by atoms with E-state index in [1.807, 2.05) is 12.7 Å². The summed E-state index contributed by atoms with van der Waals surface area (Å²) in [5, 5.41) is 0.792. The van der Waals surface area contributed by atoms with E-state index < -0.39 is 0 Å². The Bertz CT molecular complexity index is 1180. The van der Waals surface area contributed by atoms with E-state index in [4.69, 9.17) is 23.2 Å². The van der Waals surface area contributed by atoms with Crippen LogP contribution in [0, 0.1) is 10.8 Å². The van der Waals surface area contributed by atoms with Crippen LogP contribution < -0.4 is 0 Å². The van der Waals surface area contributed by atoms with Crippen LogP contribution >= 0.6 is 23.2 Å². The van der Waals surface area contributed by atoms with Gasteiger partial charge < -0.3 is 9.13 Å². The zero-order chi connectivity index (χ0) is 20.0. The van der Waals surface area contributed by atoms with Crippen molar-refractivity contribution >= 4 is 45.5 Å². The lowest BCUT2D eigenvalue weighted by Crippen LogP contribution is -2.32. The van der Waals surface area contributed by atoms with Crippen LogP contribution in [0.15, 0.2) is 25.3 Å². The highest BCUT2D eigenvalue weighted by Crippen LogP contribution is 2.70. The summed E-state index contributed by atoms with van der Waals surface area (Å²) >= 11 is 12.4. The monoisotopic (exact) mass is 428 g/mol. The molecule has 2 aliphatic rings. The molecular weight excluding hydrogens is 411 g/mol. The fourth-order valence-corrected chi connectivity index (χ4v) is 6.28. The highest BCUT2D eigenvalue weighted by Gasteiger charge is 2.61. The van der Waals surface area contributed by atoms with E-state index in [0.717, 1.165) is 30.6 Å². The van der Waals surface area contributed by atoms with Gasteiger partial charge in [-0.05, 0) is 30.1 Å². The lowest BCUT2D eigenvalue weighted by Gasteiger charge is -2.39. The lowest BCUT2D eigenvalue weighted by atomic mass is 9.76. The van der Waals surface area contributed by atoms with Crippen molar-refractivity contribution in [3.05, 3.63) is 35.6 Å². The minimum Gasteiger partial charge on any atom is -0.311 e. The standard InChI is InChI=1S/C19H18Cl2N8/c1-18-3-11(29-9-27-13-15(21)23-7-25-17(13)29)19(2,5-18)4-10(18)28-8-26-12-14(20)22-6-24-16(12)28/h6-11H,3-5H2,1-2H3/t10-,11-,18-,19-/m0/s1. The van der Waals surface area contributed by atoms with Crippen molar-refractivity contribution < 1.29 is 0 Å². The van der Waals surface area contributed by atoms with Crippen molar-refractivity contribution in [3.63, 3.8) is 0 Å². The molecule has 148 valence electrons. The maximum Gasteiger partial charge on any atom is 0.165 e. The van der Waals surface area contributed by atoms with Crippen LogP contribution in [0.1, 0.15) is 45.2 Å². The van der Waals surface area contributed by atoms with Crippen molar-refractivity contribution in [1.82, 2.24) is 39.0 Å². The van der Waals surface area contributed by atoms with E-state index in [2.05, 4.69) is 52.9 Å². The second kappa shape index (κ2) is 5.64. The Labute approximate surface area is 176 Å². The van der Waals surface area contributed by atoms with Gasteiger partial charge in [0.15, 0.2) is 21.6 Å². The number of nitrogens with zero attached hydrogens (tertiary/aromatic N) is 8. The molecular formula is C19H18Cl2N8. The number of aromatic nitrogens is 8. The first-order valence-electron chi connectivity index (χ1n) is 9.56. The van der Waals surface area contributed by atoms with Gasteiger partial charge in [-0.25, -0.2) is 29.9 Å². The first-order valence-corrected chi connectivity index (χ1v) is 10.3. The number of rotatable bonds is 2. The fraction of sp³-hybridized carbons (Fsp3) is 0.474. The van der Waals surface area contributed by atoms with Crippen molar-refractivity contribution in [3.8, 4) is 0 Å². The average molecular weight is 429 g/mol. The highest BCUT2D eigenvalue weighted by molar-refractivity contribution is 6.33. The average Bonchev–Trinajstić information content (AvgIpc) is 3.40. The van der Waals surface area contributed by atoms with E-state index >= 15 is 0 Å². The van der Waals surface area contributed by atoms with E-state index in [-0.39, 0.29) is 10.8 Å². The molecule has 4 aromatic rings. The number of fused-ring (bicyclic) bond motifs is 4. The summed E-state index contributed by atoms with van der Waals surface area (Å²) < 4.78 is 4.38. The summed E-state index contributed by atoms with van der Waals surface area (Å²) in [6.45, 7) is 4.72. The Kier molecular flexibility index (Phi) is 3.41. The van der Waals surface area contributed by atoms with Gasteiger partial charge in [-0.15, -0.1) is 0 Å². The molecule has 2 fully saturated rings. The Hall–Kier alpha value is -2.32. The number of hydrogen-bond acceptors (Lipinski definition) is 6. The third-order valence-corrected chi connectivity index (χ3v) is 7.59. The fourth-order valence-electron chi connectivity index (χ4n) is 5.92. The number of hydrogen-bond donors (Lipinski definition) is 0. The van der Waals surface area contributed by atoms with E-state index in [1.54, 1.807) is 0 Å². The molecule has 4 heterocycles. The van der Waals surface area contributed by atoms with Gasteiger partial charge in [-0.2, -0.15) is 0 Å². The number of imidazole rings is 2. The largest absolute Gasteiger partial charge is 0.311 e. The van der Waals surface area contributed by atoms with Crippen LogP contribution in [0.5, 0.6) is 0 Å². The molecule has 2 aliphatic carbocycles. The lowest BCUT2D eigenvalue weighted by molar-refractivity contribution is 0.146. The normalized spacial score (nSPS) is 31.3. The zero-order valence-corrected chi connectivity index (χ0v) is 17.4. The molecule has 0 spiro atoms. The van der Waals surface area contributed by atoms with Gasteiger partial charge in [0, 0.05) is 12.1 Å². The SMILES string of the molecule is C[C@@]12C[C@H](n3cnc4c(Cl)ncnc43)[C@@](C)(C[C@@H]1n1cnc3c(Cl)ncnc31)C2. The Morgan fingerprint density at radius 1 is 0.759 bits per heavy atom. The second-order valence-electron chi connectivity index (χ2n) is 8.90. The summed E-state index contributed by atoms with van der Waals surface area (Å²) in [6, 6.07) is 0.598. The van der Waals surface area contributed by atoms with Crippen LogP contribution in [0.4, 0.5) is 0 Å². The van der Waals surface area contributed by atoms with Gasteiger partial charge in [0.1, 0.15) is 23.7 Å². The molecule has 6 rings (SSSR count). The smallest absolute Gasteiger partial charge is 0.165 e. The topological polar surface area (TPSA) is 87.2 Å². The van der Waals surface area contributed by atoms with Crippen molar-refractivity contribution in [1.29, 1.82) is 0 Å². The molecule has 0 saturated heterocycles. The third kappa shape index (κ3) is 2.27. The second-order valence-corrected chi connectivity index (χ2v) is 9.62. The van der Waals surface area contributed by atoms with E-state index in [1.165, 1.54) is 12.7 Å². The van der Waals surface area contributed by atoms with Crippen LogP contribution in [-0.2, 0) is 0 Å². The predicted molar refractivity (Wildman–Crippen MR) is 109 cm³/mol. The predicted octanol–water partition coefficient (Wildman–Crippen LogP) is 4.27. The number of halogens is 2. The maximum absolute atomic E-state index is 6.22. The molecule has 4 aromatic heterocycles. The third-order valence-electron chi connectivity index (χ3n) is 7.04. The molecule has 0 N–H and O–H groups in total. The summed E-state index contributed by atoms with van der Waals surface area (Å²) in [4.78, 5) is 26.0. The minimum absolute atomic E-state index is 0.0951. The van der Waals surface area contributed by atoms with Crippen LogP contribution in [-0.4, -0.2) is 39.0 Å². The quantitative estimate of drug-likeness (QED) is 0.443. The molecule has 8 nitrogen and oxygen atoms in total. The van der Waals surface area contributed by atoms with Crippen molar-refractivity contribution in [2.75, 3.05) is 0 Å². The Balaban J connectivity index is 1.42. The molecule has 2 bridgehead atoms. The van der Waals surface area contributed by atoms with Crippen molar-refractivity contribution in [2.24, 2.45) is 10.8 Å². The zero-order valence-electron chi connectivity index (χ0n) is 15.9. The first kappa shape index (κ1) is 17.5. The molecule has 0 unspecified atom stereocenters. The maximum atomic E-state index is 6.22. The Morgan fingerprint density at radius 3 is 1.62 bits per heavy atom. The minimum atomic E-state index is 0.0951. The van der Waals surface area contributed by atoms with Gasteiger partial charge in [0.25, 0.3) is 0 Å². The molecule has 0 aliphatic heterocycles. The van der Waals surface area contributed by atoms with Gasteiger partial charge in [0.2, 0.25) is 0 Å². The van der Waals surface area contributed by atoms with Crippen LogP contribution in [0.2, 0.25) is 10.3 Å². The summed E-state index contributed by atoms with van der Waals surface area (Å²) in [6.07, 6.45) is 9.86. The molecule has 4 atom stereocenters. The molecule has 10 heteroatoms. The molecule has 29 heavy (non-hydrogen) atoms. The first-order chi connectivity index (χ1) is 13.9. The molecule has 0 aromatic carbocycles. The van der Waals surface area contributed by atoms with Gasteiger partial charge in [-0.3, -0.25) is 0 Å². The van der Waals surface area contributed by atoms with Crippen molar-refractivity contribution in [2.45, 2.75) is 45.2 Å². The van der Waals surface area contributed by atoms with E-state index in [9.17, 15) is 0 Å². The van der Waals surface area contributed by atoms with Crippen LogP contribution in [0.25, 0.3) is 22.3 Å². The summed E-state index contributed by atoms with van der Waals surface area (Å²) in [5.74, 6) is 0. The van der Waals surface area contributed by atoms with E-state index in [0.29, 0.717) is 33.4 Å². The van der Waals surface area contributed by atoms with Gasteiger partial charge in [0.05, 0.1) is 12.7 Å². The molecule has 0 radical (unpaired) electrons. The summed E-state index contributed by atoms with van der Waals surface area (Å²) in [7, 11) is 0. The van der Waals surface area contributed by atoms with Gasteiger partial charge in [-0.1, -0.05) is 37.0 Å². The Morgan fingerprint density at radius 2 is 1.21 bits per heavy atom. The summed E-state index contributed by atoms with van der Waals surface area (Å²) in [5.41, 5.74) is 3.12.